The third-order valence-corrected chi connectivity index (χ3v) is 8.71. The van der Waals surface area contributed by atoms with Gasteiger partial charge in [-0.25, -0.2) is 9.97 Å². The zero-order chi connectivity index (χ0) is 31.9. The predicted octanol–water partition coefficient (Wildman–Crippen LogP) is 9.82. The van der Waals surface area contributed by atoms with Crippen molar-refractivity contribution in [3.8, 4) is 56.8 Å². The lowest BCUT2D eigenvalue weighted by molar-refractivity contribution is 1.05. The van der Waals surface area contributed by atoms with E-state index < -0.39 is 0 Å². The van der Waals surface area contributed by atoms with E-state index in [9.17, 15) is 0 Å². The molecule has 0 bridgehead atoms. The average Bonchev–Trinajstić information content (AvgIpc) is 3.76. The van der Waals surface area contributed by atoms with Crippen molar-refractivity contribution in [2.75, 3.05) is 0 Å². The van der Waals surface area contributed by atoms with E-state index in [0.717, 1.165) is 67.8 Å². The van der Waals surface area contributed by atoms with Crippen LogP contribution in [-0.2, 0) is 0 Å². The quantitative estimate of drug-likeness (QED) is 0.187. The number of para-hydroxylation sites is 3. The molecule has 0 aliphatic rings. The van der Waals surface area contributed by atoms with Gasteiger partial charge in [0.1, 0.15) is 5.82 Å². The van der Waals surface area contributed by atoms with Crippen molar-refractivity contribution in [1.29, 1.82) is 0 Å². The topological polar surface area (TPSA) is 61.4 Å². The van der Waals surface area contributed by atoms with Gasteiger partial charge in [-0.15, -0.1) is 10.2 Å². The molecule has 5 aromatic carbocycles. The van der Waals surface area contributed by atoms with Crippen molar-refractivity contribution in [2.45, 2.75) is 0 Å². The molecule has 0 unspecified atom stereocenters. The smallest absolute Gasteiger partial charge is 0.169 e. The number of aromatic nitrogens is 6. The molecule has 0 spiro atoms. The van der Waals surface area contributed by atoms with Crippen molar-refractivity contribution in [3.05, 3.63) is 170 Å². The summed E-state index contributed by atoms with van der Waals surface area (Å²) in [5.74, 6) is 2.26. The van der Waals surface area contributed by atoms with Crippen molar-refractivity contribution >= 4 is 21.8 Å². The van der Waals surface area contributed by atoms with Gasteiger partial charge >= 0.3 is 0 Å². The van der Waals surface area contributed by atoms with Gasteiger partial charge < -0.3 is 0 Å². The van der Waals surface area contributed by atoms with Crippen molar-refractivity contribution in [1.82, 2.24) is 29.3 Å². The Morgan fingerprint density at radius 1 is 0.396 bits per heavy atom. The molecule has 0 radical (unpaired) electrons. The summed E-state index contributed by atoms with van der Waals surface area (Å²) < 4.78 is 4.35. The molecule has 6 heteroatoms. The largest absolute Gasteiger partial charge is 0.294 e. The standard InChI is InChI=1S/C42H28N6/c1-4-14-29(15-5-1)36-26-32(27-37(44-36)30-16-6-2-7-17-30)42-46-45-41(47(42)33-18-8-3-9-19-33)31-24-25-43-40(28-31)48-38-22-12-10-20-34(38)35-21-11-13-23-39(35)48/h1-28H. The number of hydrogen-bond acceptors (Lipinski definition) is 4. The summed E-state index contributed by atoms with van der Waals surface area (Å²) in [6.45, 7) is 0. The fourth-order valence-corrected chi connectivity index (χ4v) is 6.50. The van der Waals surface area contributed by atoms with E-state index in [2.05, 4.69) is 112 Å². The van der Waals surface area contributed by atoms with Gasteiger partial charge in [-0.1, -0.05) is 115 Å². The lowest BCUT2D eigenvalue weighted by Crippen LogP contribution is -2.02. The summed E-state index contributed by atoms with van der Waals surface area (Å²) in [7, 11) is 0. The van der Waals surface area contributed by atoms with Crippen LogP contribution in [-0.4, -0.2) is 29.3 Å². The Bertz CT molecular complexity index is 2440. The normalized spacial score (nSPS) is 11.3. The molecule has 9 aromatic rings. The number of fused-ring (bicyclic) bond motifs is 3. The highest BCUT2D eigenvalue weighted by Gasteiger charge is 2.21. The third kappa shape index (κ3) is 4.75. The Morgan fingerprint density at radius 2 is 0.896 bits per heavy atom. The van der Waals surface area contributed by atoms with Gasteiger partial charge in [-0.2, -0.15) is 0 Å². The molecule has 4 heterocycles. The summed E-state index contributed by atoms with van der Waals surface area (Å²) in [5, 5.41) is 12.1. The monoisotopic (exact) mass is 616 g/mol. The number of rotatable bonds is 6. The molecule has 226 valence electrons. The first-order chi connectivity index (χ1) is 23.8. The Kier molecular flexibility index (Phi) is 6.68. The second kappa shape index (κ2) is 11.6. The van der Waals surface area contributed by atoms with E-state index in [0.29, 0.717) is 0 Å². The molecule has 4 aromatic heterocycles. The first-order valence-corrected chi connectivity index (χ1v) is 15.9. The van der Waals surface area contributed by atoms with E-state index in [1.165, 1.54) is 10.8 Å². The van der Waals surface area contributed by atoms with Crippen LogP contribution < -0.4 is 0 Å². The maximum Gasteiger partial charge on any atom is 0.169 e. The predicted molar refractivity (Wildman–Crippen MR) is 193 cm³/mol. The van der Waals surface area contributed by atoms with Crippen LogP contribution in [0.25, 0.3) is 78.6 Å². The van der Waals surface area contributed by atoms with Crippen LogP contribution in [0.1, 0.15) is 0 Å². The van der Waals surface area contributed by atoms with E-state index in [-0.39, 0.29) is 0 Å². The first kappa shape index (κ1) is 27.6. The van der Waals surface area contributed by atoms with Crippen LogP contribution in [0.15, 0.2) is 170 Å². The molecule has 0 amide bonds. The fourth-order valence-electron chi connectivity index (χ4n) is 6.50. The second-order valence-electron chi connectivity index (χ2n) is 11.6. The molecule has 0 atom stereocenters. The minimum absolute atomic E-state index is 0.722. The Morgan fingerprint density at radius 3 is 1.48 bits per heavy atom. The highest BCUT2D eigenvalue weighted by molar-refractivity contribution is 6.09. The molecule has 48 heavy (non-hydrogen) atoms. The summed E-state index contributed by atoms with van der Waals surface area (Å²) >= 11 is 0. The van der Waals surface area contributed by atoms with Crippen molar-refractivity contribution < 1.29 is 0 Å². The van der Waals surface area contributed by atoms with Gasteiger partial charge in [0, 0.05) is 44.9 Å². The van der Waals surface area contributed by atoms with E-state index in [1.54, 1.807) is 0 Å². The maximum atomic E-state index is 5.09. The minimum Gasteiger partial charge on any atom is -0.294 e. The number of pyridine rings is 2. The fraction of sp³-hybridized carbons (Fsp3) is 0. The Balaban J connectivity index is 1.26. The van der Waals surface area contributed by atoms with Gasteiger partial charge in [0.05, 0.1) is 22.4 Å². The van der Waals surface area contributed by atoms with Gasteiger partial charge in [-0.05, 0) is 48.5 Å². The van der Waals surface area contributed by atoms with Crippen molar-refractivity contribution in [2.24, 2.45) is 0 Å². The highest BCUT2D eigenvalue weighted by Crippen LogP contribution is 2.35. The molecular weight excluding hydrogens is 589 g/mol. The van der Waals surface area contributed by atoms with Crippen LogP contribution in [0.2, 0.25) is 0 Å². The number of hydrogen-bond donors (Lipinski definition) is 0. The molecule has 0 aliphatic heterocycles. The van der Waals surface area contributed by atoms with Crippen LogP contribution in [0.3, 0.4) is 0 Å². The molecular formula is C42H28N6. The molecule has 0 saturated heterocycles. The lowest BCUT2D eigenvalue weighted by Gasteiger charge is -2.14. The molecule has 0 N–H and O–H groups in total. The van der Waals surface area contributed by atoms with Crippen LogP contribution in [0.5, 0.6) is 0 Å². The maximum absolute atomic E-state index is 5.09. The van der Waals surface area contributed by atoms with Gasteiger partial charge in [0.15, 0.2) is 11.6 Å². The summed E-state index contributed by atoms with van der Waals surface area (Å²) in [6.07, 6.45) is 1.85. The average molecular weight is 617 g/mol. The van der Waals surface area contributed by atoms with Crippen LogP contribution in [0, 0.1) is 0 Å². The van der Waals surface area contributed by atoms with Crippen LogP contribution in [0.4, 0.5) is 0 Å². The summed E-state index contributed by atoms with van der Waals surface area (Å²) in [6, 6.07) is 56.0. The summed E-state index contributed by atoms with van der Waals surface area (Å²) in [4.78, 5) is 9.95. The van der Waals surface area contributed by atoms with Crippen molar-refractivity contribution in [3.63, 3.8) is 0 Å². The zero-order valence-corrected chi connectivity index (χ0v) is 25.8. The number of benzene rings is 5. The Hall–Kier alpha value is -6.66. The van der Waals surface area contributed by atoms with Gasteiger partial charge in [0.2, 0.25) is 0 Å². The molecule has 0 fully saturated rings. The van der Waals surface area contributed by atoms with E-state index in [1.807, 2.05) is 66.9 Å². The first-order valence-electron chi connectivity index (χ1n) is 15.9. The minimum atomic E-state index is 0.722. The molecule has 0 aliphatic carbocycles. The second-order valence-corrected chi connectivity index (χ2v) is 11.6. The molecule has 6 nitrogen and oxygen atoms in total. The number of nitrogens with zero attached hydrogens (tertiary/aromatic N) is 6. The van der Waals surface area contributed by atoms with E-state index in [4.69, 9.17) is 20.2 Å². The summed E-state index contributed by atoms with van der Waals surface area (Å²) in [5.41, 5.74) is 8.80. The van der Waals surface area contributed by atoms with E-state index >= 15 is 0 Å². The van der Waals surface area contributed by atoms with Gasteiger partial charge in [0.25, 0.3) is 0 Å². The molecule has 0 saturated carbocycles. The highest BCUT2D eigenvalue weighted by atomic mass is 15.3. The lowest BCUT2D eigenvalue weighted by atomic mass is 10.0. The zero-order valence-electron chi connectivity index (χ0n) is 25.8. The Labute approximate surface area is 277 Å². The molecule has 9 rings (SSSR count). The SMILES string of the molecule is c1ccc(-c2cc(-c3nnc(-c4ccnc(-n5c6ccccc6c6ccccc65)c4)n3-c3ccccc3)cc(-c3ccccc3)n2)cc1. The third-order valence-electron chi connectivity index (χ3n) is 8.71. The van der Waals surface area contributed by atoms with Gasteiger partial charge in [-0.3, -0.25) is 9.13 Å². The van der Waals surface area contributed by atoms with Crippen LogP contribution >= 0.6 is 0 Å².